The number of carboxylic acids is 1. The summed E-state index contributed by atoms with van der Waals surface area (Å²) in [6, 6.07) is 17.9. The van der Waals surface area contributed by atoms with Gasteiger partial charge in [0.05, 0.1) is 11.8 Å². The summed E-state index contributed by atoms with van der Waals surface area (Å²) in [4.78, 5) is 25.8. The van der Waals surface area contributed by atoms with Crippen molar-refractivity contribution < 1.29 is 20.2 Å². The van der Waals surface area contributed by atoms with Gasteiger partial charge in [0.25, 0.3) is 5.91 Å². The van der Waals surface area contributed by atoms with Gasteiger partial charge in [-0.2, -0.15) is 5.10 Å². The van der Waals surface area contributed by atoms with Crippen LogP contribution < -0.4 is 5.43 Å². The molecule has 7 heteroatoms. The van der Waals surface area contributed by atoms with Crippen LogP contribution in [0.5, 0.6) is 0 Å². The van der Waals surface area contributed by atoms with Crippen LogP contribution in [0, 0.1) is 13.8 Å². The number of nitrogens with zero attached hydrogens (tertiary/aromatic N) is 2. The number of nitrogens with one attached hydrogen (secondary N) is 1. The first-order valence-electron chi connectivity index (χ1n) is 8.56. The van der Waals surface area contributed by atoms with E-state index in [0.717, 1.165) is 11.1 Å². The monoisotopic (exact) mass is 393 g/mol. The number of carbonyl (C=O) groups excluding carboxylic acids is 1. The highest BCUT2D eigenvalue weighted by molar-refractivity contribution is 5.94. The van der Waals surface area contributed by atoms with E-state index in [0.29, 0.717) is 11.1 Å². The summed E-state index contributed by atoms with van der Waals surface area (Å²) in [6.45, 7) is 3.94. The van der Waals surface area contributed by atoms with Crippen LogP contribution in [0.15, 0.2) is 78.2 Å². The summed E-state index contributed by atoms with van der Waals surface area (Å²) in [5, 5.41) is 12.4. The van der Waals surface area contributed by atoms with Gasteiger partial charge in [-0.05, 0) is 43.7 Å². The van der Waals surface area contributed by atoms with Crippen molar-refractivity contribution >= 4 is 18.1 Å². The normalized spacial score (nSPS) is 9.72. The summed E-state index contributed by atoms with van der Waals surface area (Å²) >= 11 is 0. The molecule has 150 valence electrons. The Bertz CT molecular complexity index is 938. The molecule has 0 fully saturated rings. The molecule has 0 atom stereocenters. The third-order valence-corrected chi connectivity index (χ3v) is 3.70. The Balaban J connectivity index is 0.000000327. The molecule has 0 aliphatic carbocycles. The largest absolute Gasteiger partial charge is 0.478 e. The van der Waals surface area contributed by atoms with Gasteiger partial charge in [0.1, 0.15) is 0 Å². The highest BCUT2D eigenvalue weighted by Crippen LogP contribution is 2.02. The molecule has 0 aliphatic rings. The van der Waals surface area contributed by atoms with E-state index in [1.807, 2.05) is 38.1 Å². The summed E-state index contributed by atoms with van der Waals surface area (Å²) in [6.07, 6.45) is 4.75. The van der Waals surface area contributed by atoms with Crippen LogP contribution >= 0.6 is 0 Å². The number of aromatic nitrogens is 1. The van der Waals surface area contributed by atoms with Crippen LogP contribution in [0.4, 0.5) is 0 Å². The van der Waals surface area contributed by atoms with Crippen LogP contribution in [0.3, 0.4) is 0 Å². The van der Waals surface area contributed by atoms with Gasteiger partial charge in [-0.25, -0.2) is 10.2 Å². The number of rotatable bonds is 4. The second kappa shape index (κ2) is 11.8. The van der Waals surface area contributed by atoms with Gasteiger partial charge in [0, 0.05) is 18.0 Å². The van der Waals surface area contributed by atoms with E-state index < -0.39 is 5.97 Å². The van der Waals surface area contributed by atoms with Crippen molar-refractivity contribution in [2.75, 3.05) is 0 Å². The first-order chi connectivity index (χ1) is 13.5. The number of benzene rings is 2. The van der Waals surface area contributed by atoms with Gasteiger partial charge in [0.2, 0.25) is 0 Å². The van der Waals surface area contributed by atoms with Crippen LogP contribution in [-0.2, 0) is 0 Å². The molecule has 0 bridgehead atoms. The Labute approximate surface area is 169 Å². The zero-order chi connectivity index (χ0) is 20.4. The lowest BCUT2D eigenvalue weighted by molar-refractivity contribution is 0.0696. The fourth-order valence-corrected chi connectivity index (χ4v) is 2.08. The average Bonchev–Trinajstić information content (AvgIpc) is 2.71. The van der Waals surface area contributed by atoms with Gasteiger partial charge in [-0.15, -0.1) is 0 Å². The molecule has 1 aromatic heterocycles. The number of carbonyl (C=O) groups is 2. The highest BCUT2D eigenvalue weighted by atomic mass is 16.4. The summed E-state index contributed by atoms with van der Waals surface area (Å²) < 4.78 is 0. The van der Waals surface area contributed by atoms with Crippen molar-refractivity contribution in [3.8, 4) is 0 Å². The molecule has 4 N–H and O–H groups in total. The van der Waals surface area contributed by atoms with Crippen molar-refractivity contribution in [3.05, 3.63) is 101 Å². The minimum atomic E-state index is -0.875. The minimum Gasteiger partial charge on any atom is -0.478 e. The van der Waals surface area contributed by atoms with E-state index in [2.05, 4.69) is 15.5 Å². The summed E-state index contributed by atoms with van der Waals surface area (Å²) in [5.74, 6) is -1.12. The molecule has 0 unspecified atom stereocenters. The van der Waals surface area contributed by atoms with Crippen molar-refractivity contribution in [2.45, 2.75) is 13.8 Å². The molecule has 7 nitrogen and oxygen atoms in total. The number of hydrogen-bond acceptors (Lipinski definition) is 4. The van der Waals surface area contributed by atoms with E-state index >= 15 is 0 Å². The standard InChI is InChI=1S/C14H13N3O.C8H8O2.H2O/c1-11-2-4-12(5-3-11)10-16-17-14(18)13-6-8-15-9-7-13;1-6-2-4-7(5-3-6)8(9)10;/h2-10H,1H3,(H,17,18);2-5H,1H3,(H,9,10);1H2/b16-10+;;. The zero-order valence-corrected chi connectivity index (χ0v) is 16.2. The second-order valence-corrected chi connectivity index (χ2v) is 6.02. The molecule has 3 aromatic rings. The predicted molar refractivity (Wildman–Crippen MR) is 112 cm³/mol. The maximum absolute atomic E-state index is 11.6. The average molecular weight is 393 g/mol. The number of carboxylic acid groups (broad SMARTS) is 1. The second-order valence-electron chi connectivity index (χ2n) is 6.02. The predicted octanol–water partition coefficient (Wildman–Crippen LogP) is 3.02. The first-order valence-corrected chi connectivity index (χ1v) is 8.56. The lowest BCUT2D eigenvalue weighted by Crippen LogP contribution is -2.17. The van der Waals surface area contributed by atoms with E-state index in [9.17, 15) is 9.59 Å². The molecular weight excluding hydrogens is 370 g/mol. The number of hydrogen-bond donors (Lipinski definition) is 2. The van der Waals surface area contributed by atoms with Crippen LogP contribution in [0.1, 0.15) is 37.4 Å². The molecule has 0 spiro atoms. The molecule has 1 heterocycles. The SMILES string of the molecule is Cc1ccc(/C=N/NC(=O)c2ccncc2)cc1.Cc1ccc(C(=O)O)cc1.O. The van der Waals surface area contributed by atoms with E-state index in [1.165, 1.54) is 5.56 Å². The van der Waals surface area contributed by atoms with Gasteiger partial charge < -0.3 is 10.6 Å². The zero-order valence-electron chi connectivity index (χ0n) is 16.2. The summed E-state index contributed by atoms with van der Waals surface area (Å²) in [7, 11) is 0. The number of amides is 1. The fourth-order valence-electron chi connectivity index (χ4n) is 2.08. The molecular formula is C22H23N3O4. The molecule has 3 rings (SSSR count). The van der Waals surface area contributed by atoms with Crippen molar-refractivity contribution in [2.24, 2.45) is 5.10 Å². The van der Waals surface area contributed by atoms with E-state index in [4.69, 9.17) is 5.11 Å². The van der Waals surface area contributed by atoms with E-state index in [-0.39, 0.29) is 11.4 Å². The number of pyridine rings is 1. The lowest BCUT2D eigenvalue weighted by Gasteiger charge is -1.98. The van der Waals surface area contributed by atoms with Crippen molar-refractivity contribution in [1.82, 2.24) is 10.4 Å². The molecule has 0 saturated carbocycles. The fraction of sp³-hybridized carbons (Fsp3) is 0.0909. The number of hydrazone groups is 1. The van der Waals surface area contributed by atoms with Crippen LogP contribution in [0.2, 0.25) is 0 Å². The molecule has 2 aromatic carbocycles. The van der Waals surface area contributed by atoms with Crippen LogP contribution in [0.25, 0.3) is 0 Å². The Morgan fingerprint density at radius 1 is 0.862 bits per heavy atom. The Morgan fingerprint density at radius 3 is 1.90 bits per heavy atom. The Morgan fingerprint density at radius 2 is 1.38 bits per heavy atom. The van der Waals surface area contributed by atoms with E-state index in [1.54, 1.807) is 55.0 Å². The molecule has 0 saturated heterocycles. The number of aromatic carboxylic acids is 1. The topological polar surface area (TPSA) is 123 Å². The molecule has 0 aliphatic heterocycles. The molecule has 29 heavy (non-hydrogen) atoms. The maximum Gasteiger partial charge on any atom is 0.335 e. The minimum absolute atomic E-state index is 0. The van der Waals surface area contributed by atoms with Crippen molar-refractivity contribution in [3.63, 3.8) is 0 Å². The van der Waals surface area contributed by atoms with Crippen LogP contribution in [-0.4, -0.2) is 33.7 Å². The third kappa shape index (κ3) is 8.15. The lowest BCUT2D eigenvalue weighted by atomic mass is 10.2. The van der Waals surface area contributed by atoms with Gasteiger partial charge in [-0.1, -0.05) is 47.5 Å². The third-order valence-electron chi connectivity index (χ3n) is 3.70. The van der Waals surface area contributed by atoms with Gasteiger partial charge in [0.15, 0.2) is 0 Å². The Kier molecular flexibility index (Phi) is 9.43. The van der Waals surface area contributed by atoms with Gasteiger partial charge >= 0.3 is 5.97 Å². The number of aryl methyl sites for hydroxylation is 2. The van der Waals surface area contributed by atoms with Gasteiger partial charge in [-0.3, -0.25) is 9.78 Å². The van der Waals surface area contributed by atoms with Crippen molar-refractivity contribution in [1.29, 1.82) is 0 Å². The molecule has 0 radical (unpaired) electrons. The highest BCUT2D eigenvalue weighted by Gasteiger charge is 2.01. The first kappa shape index (κ1) is 23.2. The Hall–Kier alpha value is -3.84. The summed E-state index contributed by atoms with van der Waals surface area (Å²) in [5.41, 5.74) is 6.54. The smallest absolute Gasteiger partial charge is 0.335 e. The molecule has 1 amide bonds. The maximum atomic E-state index is 11.6. The quantitative estimate of drug-likeness (QED) is 0.522.